The van der Waals surface area contributed by atoms with E-state index in [1.54, 1.807) is 0 Å². The Hall–Kier alpha value is -0.353. The lowest BCUT2D eigenvalue weighted by Crippen LogP contribution is -2.61. The van der Waals surface area contributed by atoms with E-state index in [-0.39, 0.29) is 5.60 Å². The molecule has 0 aromatic carbocycles. The predicted molar refractivity (Wildman–Crippen MR) is 71.9 cm³/mol. The van der Waals surface area contributed by atoms with E-state index in [2.05, 4.69) is 19.6 Å². The van der Waals surface area contributed by atoms with Crippen LogP contribution in [0.1, 0.15) is 38.5 Å². The van der Waals surface area contributed by atoms with Crippen LogP contribution in [-0.2, 0) is 9.22 Å². The average molecular weight is 268 g/mol. The van der Waals surface area contributed by atoms with Crippen LogP contribution < -0.4 is 0 Å². The van der Waals surface area contributed by atoms with E-state index in [9.17, 15) is 9.90 Å². The highest BCUT2D eigenvalue weighted by Crippen LogP contribution is 2.63. The Morgan fingerprint density at radius 2 is 1.72 bits per heavy atom. The molecular formula is C14H24O3Si. The number of aliphatic carboxylic acids is 1. The SMILES string of the molecule is C[Si](C)(C)OC12CC3CC(C1)CC(C(=O)O)(C3)C2. The van der Waals surface area contributed by atoms with Crippen LogP contribution >= 0.6 is 0 Å². The summed E-state index contributed by atoms with van der Waals surface area (Å²) in [5.41, 5.74) is -0.545. The van der Waals surface area contributed by atoms with E-state index in [4.69, 9.17) is 4.43 Å². The van der Waals surface area contributed by atoms with E-state index in [0.29, 0.717) is 11.8 Å². The highest BCUT2D eigenvalue weighted by Gasteiger charge is 2.62. The molecule has 0 aromatic heterocycles. The molecule has 0 heterocycles. The molecule has 102 valence electrons. The van der Waals surface area contributed by atoms with Crippen LogP contribution in [0.5, 0.6) is 0 Å². The Morgan fingerprint density at radius 1 is 1.17 bits per heavy atom. The molecule has 4 fully saturated rings. The van der Waals surface area contributed by atoms with Gasteiger partial charge in [0.1, 0.15) is 0 Å². The Bertz CT molecular complexity index is 371. The molecule has 0 spiro atoms. The molecule has 4 saturated carbocycles. The van der Waals surface area contributed by atoms with E-state index in [0.717, 1.165) is 32.1 Å². The van der Waals surface area contributed by atoms with Gasteiger partial charge in [-0.15, -0.1) is 0 Å². The largest absolute Gasteiger partial charge is 0.481 e. The molecule has 4 rings (SSSR count). The first-order valence-electron chi connectivity index (χ1n) is 7.16. The first-order valence-corrected chi connectivity index (χ1v) is 10.6. The highest BCUT2D eigenvalue weighted by atomic mass is 28.4. The van der Waals surface area contributed by atoms with Crippen LogP contribution in [0.25, 0.3) is 0 Å². The number of rotatable bonds is 3. The van der Waals surface area contributed by atoms with E-state index in [1.807, 2.05) is 0 Å². The maximum atomic E-state index is 11.7. The molecule has 3 nitrogen and oxygen atoms in total. The molecule has 0 aliphatic heterocycles. The van der Waals surface area contributed by atoms with Crippen molar-refractivity contribution in [3.63, 3.8) is 0 Å². The number of carbonyl (C=O) groups is 1. The fourth-order valence-electron chi connectivity index (χ4n) is 5.20. The summed E-state index contributed by atoms with van der Waals surface area (Å²) in [7, 11) is -1.60. The summed E-state index contributed by atoms with van der Waals surface area (Å²) in [5.74, 6) is 0.623. The van der Waals surface area contributed by atoms with Crippen LogP contribution in [0.2, 0.25) is 19.6 Å². The Morgan fingerprint density at radius 3 is 2.17 bits per heavy atom. The van der Waals surface area contributed by atoms with Crippen molar-refractivity contribution in [3.8, 4) is 0 Å². The number of carboxylic acid groups (broad SMARTS) is 1. The van der Waals surface area contributed by atoms with Crippen LogP contribution in [0.4, 0.5) is 0 Å². The molecule has 0 amide bonds. The normalized spacial score (nSPS) is 46.4. The molecule has 0 radical (unpaired) electrons. The van der Waals surface area contributed by atoms with Gasteiger partial charge < -0.3 is 9.53 Å². The minimum Gasteiger partial charge on any atom is -0.481 e. The molecule has 0 saturated heterocycles. The zero-order chi connectivity index (χ0) is 13.2. The molecule has 4 bridgehead atoms. The van der Waals surface area contributed by atoms with Gasteiger partial charge in [0.05, 0.1) is 11.0 Å². The van der Waals surface area contributed by atoms with Crippen molar-refractivity contribution in [1.29, 1.82) is 0 Å². The smallest absolute Gasteiger partial charge is 0.309 e. The van der Waals surface area contributed by atoms with Crippen molar-refractivity contribution >= 4 is 14.3 Å². The Balaban J connectivity index is 1.92. The van der Waals surface area contributed by atoms with Gasteiger partial charge in [-0.25, -0.2) is 0 Å². The van der Waals surface area contributed by atoms with Crippen molar-refractivity contribution in [2.75, 3.05) is 0 Å². The van der Waals surface area contributed by atoms with Gasteiger partial charge in [-0.1, -0.05) is 0 Å². The summed E-state index contributed by atoms with van der Waals surface area (Å²) in [6.07, 6.45) is 6.04. The fraction of sp³-hybridized carbons (Fsp3) is 0.929. The minimum absolute atomic E-state index is 0.0903. The van der Waals surface area contributed by atoms with E-state index >= 15 is 0 Å². The maximum absolute atomic E-state index is 11.7. The van der Waals surface area contributed by atoms with Crippen LogP contribution in [0.3, 0.4) is 0 Å². The first kappa shape index (κ1) is 12.7. The Labute approximate surface area is 110 Å². The molecule has 1 N–H and O–H groups in total. The van der Waals surface area contributed by atoms with Gasteiger partial charge in [-0.3, -0.25) is 4.79 Å². The first-order chi connectivity index (χ1) is 8.22. The zero-order valence-corrected chi connectivity index (χ0v) is 12.7. The number of hydrogen-bond donors (Lipinski definition) is 1. The quantitative estimate of drug-likeness (QED) is 0.799. The summed E-state index contributed by atoms with van der Waals surface area (Å²) in [6.45, 7) is 6.66. The maximum Gasteiger partial charge on any atom is 0.309 e. The summed E-state index contributed by atoms with van der Waals surface area (Å²) in [5, 5.41) is 9.65. The molecule has 2 unspecified atom stereocenters. The highest BCUT2D eigenvalue weighted by molar-refractivity contribution is 6.69. The van der Waals surface area contributed by atoms with Crippen LogP contribution in [0.15, 0.2) is 0 Å². The lowest BCUT2D eigenvalue weighted by Gasteiger charge is -2.61. The fourth-order valence-corrected chi connectivity index (χ4v) is 6.74. The lowest BCUT2D eigenvalue weighted by atomic mass is 9.48. The third-order valence-electron chi connectivity index (χ3n) is 4.98. The second-order valence-corrected chi connectivity index (χ2v) is 12.4. The van der Waals surface area contributed by atoms with E-state index in [1.165, 1.54) is 6.42 Å². The zero-order valence-electron chi connectivity index (χ0n) is 11.7. The van der Waals surface area contributed by atoms with Crippen LogP contribution in [-0.4, -0.2) is 25.0 Å². The van der Waals surface area contributed by atoms with Crippen molar-refractivity contribution in [3.05, 3.63) is 0 Å². The summed E-state index contributed by atoms with van der Waals surface area (Å²) >= 11 is 0. The Kier molecular flexibility index (Phi) is 2.53. The second-order valence-electron chi connectivity index (χ2n) is 7.94. The average Bonchev–Trinajstić information content (AvgIpc) is 2.10. The summed E-state index contributed by atoms with van der Waals surface area (Å²) in [4.78, 5) is 11.7. The van der Waals surface area contributed by atoms with Crippen molar-refractivity contribution in [1.82, 2.24) is 0 Å². The standard InChI is InChI=1S/C14H24O3Si/c1-18(2,3)17-14-7-10-4-11(8-14)6-13(5-10,9-14)12(15)16/h10-11H,4-9H2,1-3H3,(H,15,16). The third-order valence-corrected chi connectivity index (χ3v) is 6.03. The van der Waals surface area contributed by atoms with Crippen molar-refractivity contribution < 1.29 is 14.3 Å². The molecular weight excluding hydrogens is 244 g/mol. The molecule has 4 heteroatoms. The van der Waals surface area contributed by atoms with Crippen molar-refractivity contribution in [2.45, 2.75) is 63.8 Å². The summed E-state index contributed by atoms with van der Waals surface area (Å²) < 4.78 is 6.49. The van der Waals surface area contributed by atoms with Gasteiger partial charge in [0.25, 0.3) is 0 Å². The molecule has 18 heavy (non-hydrogen) atoms. The predicted octanol–water partition coefficient (Wildman–Crippen LogP) is 3.26. The monoisotopic (exact) mass is 268 g/mol. The van der Waals surface area contributed by atoms with Gasteiger partial charge in [-0.2, -0.15) is 0 Å². The molecule has 4 aliphatic rings. The van der Waals surface area contributed by atoms with Gasteiger partial charge in [0.2, 0.25) is 0 Å². The topological polar surface area (TPSA) is 46.5 Å². The number of hydrogen-bond acceptors (Lipinski definition) is 2. The van der Waals surface area contributed by atoms with Gasteiger partial charge >= 0.3 is 5.97 Å². The van der Waals surface area contributed by atoms with Gasteiger partial charge in [-0.05, 0) is 70.0 Å². The summed E-state index contributed by atoms with van der Waals surface area (Å²) in [6, 6.07) is 0. The van der Waals surface area contributed by atoms with Gasteiger partial charge in [0, 0.05) is 0 Å². The number of carboxylic acids is 1. The third kappa shape index (κ3) is 1.94. The van der Waals surface area contributed by atoms with Gasteiger partial charge in [0.15, 0.2) is 8.32 Å². The van der Waals surface area contributed by atoms with Crippen LogP contribution in [0, 0.1) is 17.3 Å². The molecule has 0 aromatic rings. The lowest BCUT2D eigenvalue weighted by molar-refractivity contribution is -0.186. The van der Waals surface area contributed by atoms with E-state index < -0.39 is 19.7 Å². The second kappa shape index (κ2) is 3.60. The molecule has 2 atom stereocenters. The molecule has 4 aliphatic carbocycles. The minimum atomic E-state index is -1.60. The van der Waals surface area contributed by atoms with Crippen molar-refractivity contribution in [2.24, 2.45) is 17.3 Å².